The molecular weight excluding hydrogens is 290 g/mol. The maximum Gasteiger partial charge on any atom is 0.209 e. The summed E-state index contributed by atoms with van der Waals surface area (Å²) in [6, 6.07) is 17.1. The Kier molecular flexibility index (Phi) is 2.76. The topological polar surface area (TPSA) is 32.9 Å². The van der Waals surface area contributed by atoms with Crippen LogP contribution in [0, 0.1) is 0 Å². The van der Waals surface area contributed by atoms with Gasteiger partial charge in [0.1, 0.15) is 0 Å². The van der Waals surface area contributed by atoms with Crippen LogP contribution < -0.4 is 0 Å². The van der Waals surface area contributed by atoms with Crippen molar-refractivity contribution in [1.82, 2.24) is 4.98 Å². The van der Waals surface area contributed by atoms with Crippen molar-refractivity contribution in [2.75, 3.05) is 0 Å². The maximum atomic E-state index is 12.3. The number of aromatic nitrogens is 1. The number of carbonyl (C=O) groups excluding carboxylic acids is 1. The average molecular weight is 300 g/mol. The lowest BCUT2D eigenvalue weighted by Gasteiger charge is -1.96. The van der Waals surface area contributed by atoms with Crippen molar-refractivity contribution in [2.45, 2.75) is 0 Å². The summed E-state index contributed by atoms with van der Waals surface area (Å²) in [4.78, 5) is 15.4. The molecule has 2 aromatic carbocycles. The van der Waals surface area contributed by atoms with Crippen LogP contribution in [0.1, 0.15) is 16.1 Å². The zero-order valence-corrected chi connectivity index (χ0v) is 11.1. The quantitative estimate of drug-likeness (QED) is 0.708. The van der Waals surface area contributed by atoms with Gasteiger partial charge in [-0.1, -0.05) is 52.3 Å². The van der Waals surface area contributed by atoms with E-state index in [1.807, 2.05) is 54.6 Å². The molecule has 0 unspecified atom stereocenters. The number of ketones is 1. The predicted octanol–water partition coefficient (Wildman–Crippen LogP) is 4.16. The van der Waals surface area contributed by atoms with E-state index < -0.39 is 0 Å². The molecule has 18 heavy (non-hydrogen) atoms. The Morgan fingerprint density at radius 2 is 1.78 bits per heavy atom. The summed E-state index contributed by atoms with van der Waals surface area (Å²) in [5.74, 6) is 0.0166. The molecule has 1 aromatic heterocycles. The van der Waals surface area contributed by atoms with Crippen molar-refractivity contribution in [3.63, 3.8) is 0 Å². The van der Waals surface area contributed by atoms with Crippen LogP contribution in [0.3, 0.4) is 0 Å². The van der Waals surface area contributed by atoms with Crippen molar-refractivity contribution < 1.29 is 4.79 Å². The molecule has 0 aliphatic heterocycles. The van der Waals surface area contributed by atoms with Crippen molar-refractivity contribution in [1.29, 1.82) is 0 Å². The van der Waals surface area contributed by atoms with Gasteiger partial charge in [-0.25, -0.2) is 0 Å². The SMILES string of the molecule is O=C(c1ccccc1)c1cc2ccc(Br)cc2[nH]1. The molecule has 88 valence electrons. The maximum absolute atomic E-state index is 12.3. The molecule has 0 fully saturated rings. The third-order valence-electron chi connectivity index (χ3n) is 2.87. The molecule has 0 amide bonds. The van der Waals surface area contributed by atoms with Crippen molar-refractivity contribution in [3.05, 3.63) is 70.3 Å². The highest BCUT2D eigenvalue weighted by atomic mass is 79.9. The van der Waals surface area contributed by atoms with Gasteiger partial charge < -0.3 is 4.98 Å². The van der Waals surface area contributed by atoms with Gasteiger partial charge in [-0.2, -0.15) is 0 Å². The molecule has 0 aliphatic carbocycles. The Labute approximate surface area is 113 Å². The summed E-state index contributed by atoms with van der Waals surface area (Å²) < 4.78 is 0.996. The highest BCUT2D eigenvalue weighted by Crippen LogP contribution is 2.21. The second-order valence-electron chi connectivity index (χ2n) is 4.11. The third kappa shape index (κ3) is 1.97. The molecule has 3 rings (SSSR count). The lowest BCUT2D eigenvalue weighted by molar-refractivity contribution is 0.103. The summed E-state index contributed by atoms with van der Waals surface area (Å²) in [5.41, 5.74) is 2.28. The largest absolute Gasteiger partial charge is 0.352 e. The minimum atomic E-state index is 0.0166. The van der Waals surface area contributed by atoms with Gasteiger partial charge in [0.25, 0.3) is 0 Å². The summed E-state index contributed by atoms with van der Waals surface area (Å²) in [5, 5.41) is 1.04. The number of fused-ring (bicyclic) bond motifs is 1. The van der Waals surface area contributed by atoms with Crippen LogP contribution in [-0.4, -0.2) is 10.8 Å². The van der Waals surface area contributed by atoms with Crippen molar-refractivity contribution in [2.24, 2.45) is 0 Å². The molecular formula is C15H10BrNO. The standard InChI is InChI=1S/C15H10BrNO/c16-12-7-6-11-8-14(17-13(11)9-12)15(18)10-4-2-1-3-5-10/h1-9,17H. The van der Waals surface area contributed by atoms with Crippen LogP contribution in [0.25, 0.3) is 10.9 Å². The summed E-state index contributed by atoms with van der Waals surface area (Å²) in [7, 11) is 0. The molecule has 0 spiro atoms. The Hall–Kier alpha value is -1.87. The number of hydrogen-bond acceptors (Lipinski definition) is 1. The fraction of sp³-hybridized carbons (Fsp3) is 0. The van der Waals surface area contributed by atoms with Crippen LogP contribution in [0.4, 0.5) is 0 Å². The molecule has 0 saturated carbocycles. The zero-order chi connectivity index (χ0) is 12.5. The fourth-order valence-electron chi connectivity index (χ4n) is 1.97. The van der Waals surface area contributed by atoms with E-state index in [2.05, 4.69) is 20.9 Å². The van der Waals surface area contributed by atoms with E-state index in [-0.39, 0.29) is 5.78 Å². The number of aromatic amines is 1. The third-order valence-corrected chi connectivity index (χ3v) is 3.36. The number of carbonyl (C=O) groups is 1. The summed E-state index contributed by atoms with van der Waals surface area (Å²) >= 11 is 3.42. The molecule has 0 radical (unpaired) electrons. The molecule has 0 aliphatic rings. The number of nitrogens with one attached hydrogen (secondary N) is 1. The van der Waals surface area contributed by atoms with Crippen LogP contribution in [-0.2, 0) is 0 Å². The van der Waals surface area contributed by atoms with Gasteiger partial charge in [0.15, 0.2) is 0 Å². The van der Waals surface area contributed by atoms with Gasteiger partial charge in [-0.15, -0.1) is 0 Å². The lowest BCUT2D eigenvalue weighted by Crippen LogP contribution is -2.00. The molecule has 3 heteroatoms. The molecule has 3 aromatic rings. The highest BCUT2D eigenvalue weighted by molar-refractivity contribution is 9.10. The van der Waals surface area contributed by atoms with Gasteiger partial charge in [-0.3, -0.25) is 4.79 Å². The van der Waals surface area contributed by atoms with E-state index in [4.69, 9.17) is 0 Å². The number of benzene rings is 2. The van der Waals surface area contributed by atoms with Crippen LogP contribution in [0.5, 0.6) is 0 Å². The molecule has 0 bridgehead atoms. The van der Waals surface area contributed by atoms with Crippen molar-refractivity contribution >= 4 is 32.6 Å². The fourth-order valence-corrected chi connectivity index (χ4v) is 2.33. The van der Waals surface area contributed by atoms with Crippen molar-refractivity contribution in [3.8, 4) is 0 Å². The van der Waals surface area contributed by atoms with E-state index in [9.17, 15) is 4.79 Å². The minimum Gasteiger partial charge on any atom is -0.352 e. The number of halogens is 1. The van der Waals surface area contributed by atoms with E-state index >= 15 is 0 Å². The van der Waals surface area contributed by atoms with E-state index in [1.165, 1.54) is 0 Å². The molecule has 1 N–H and O–H groups in total. The Balaban J connectivity index is 2.07. The number of hydrogen-bond donors (Lipinski definition) is 1. The average Bonchev–Trinajstić information content (AvgIpc) is 2.81. The first kappa shape index (κ1) is 11.2. The van der Waals surface area contributed by atoms with Crippen LogP contribution in [0.2, 0.25) is 0 Å². The van der Waals surface area contributed by atoms with E-state index in [0.29, 0.717) is 11.3 Å². The van der Waals surface area contributed by atoms with Crippen LogP contribution >= 0.6 is 15.9 Å². The predicted molar refractivity (Wildman–Crippen MR) is 75.9 cm³/mol. The smallest absolute Gasteiger partial charge is 0.209 e. The second-order valence-corrected chi connectivity index (χ2v) is 5.03. The zero-order valence-electron chi connectivity index (χ0n) is 9.48. The van der Waals surface area contributed by atoms with E-state index in [0.717, 1.165) is 15.4 Å². The number of rotatable bonds is 2. The van der Waals surface area contributed by atoms with Gasteiger partial charge in [-0.05, 0) is 18.2 Å². The first-order valence-electron chi connectivity index (χ1n) is 5.62. The van der Waals surface area contributed by atoms with Gasteiger partial charge >= 0.3 is 0 Å². The van der Waals surface area contributed by atoms with Gasteiger partial charge in [0.2, 0.25) is 5.78 Å². The monoisotopic (exact) mass is 299 g/mol. The van der Waals surface area contributed by atoms with Gasteiger partial charge in [0, 0.05) is 20.9 Å². The first-order chi connectivity index (χ1) is 8.74. The molecule has 1 heterocycles. The Morgan fingerprint density at radius 1 is 1.00 bits per heavy atom. The van der Waals surface area contributed by atoms with E-state index in [1.54, 1.807) is 0 Å². The molecule has 2 nitrogen and oxygen atoms in total. The minimum absolute atomic E-state index is 0.0166. The highest BCUT2D eigenvalue weighted by Gasteiger charge is 2.11. The van der Waals surface area contributed by atoms with Gasteiger partial charge in [0.05, 0.1) is 5.69 Å². The molecule has 0 atom stereocenters. The Morgan fingerprint density at radius 3 is 2.56 bits per heavy atom. The lowest BCUT2D eigenvalue weighted by atomic mass is 10.1. The molecule has 0 saturated heterocycles. The second kappa shape index (κ2) is 4.42. The normalized spacial score (nSPS) is 10.7. The van der Waals surface area contributed by atoms with Crippen LogP contribution in [0.15, 0.2) is 59.1 Å². The summed E-state index contributed by atoms with van der Waals surface area (Å²) in [6.07, 6.45) is 0. The Bertz CT molecular complexity index is 716. The number of H-pyrrole nitrogens is 1. The summed E-state index contributed by atoms with van der Waals surface area (Å²) in [6.45, 7) is 0. The first-order valence-corrected chi connectivity index (χ1v) is 6.41.